The van der Waals surface area contributed by atoms with Crippen LogP contribution >= 0.6 is 0 Å². The van der Waals surface area contributed by atoms with Gasteiger partial charge in [-0.1, -0.05) is 49.2 Å². The van der Waals surface area contributed by atoms with E-state index in [0.717, 1.165) is 31.0 Å². The van der Waals surface area contributed by atoms with Crippen molar-refractivity contribution in [3.63, 3.8) is 0 Å². The molecule has 0 aromatic heterocycles. The number of ether oxygens (including phenoxy) is 2. The van der Waals surface area contributed by atoms with E-state index in [-0.39, 0.29) is 12.5 Å². The van der Waals surface area contributed by atoms with E-state index < -0.39 is 54.2 Å². The average Bonchev–Trinajstić information content (AvgIpc) is 3.35. The lowest BCUT2D eigenvalue weighted by Crippen LogP contribution is -2.75. The van der Waals surface area contributed by atoms with Crippen LogP contribution in [-0.4, -0.2) is 53.4 Å². The fourth-order valence-electron chi connectivity index (χ4n) is 4.37. The van der Waals surface area contributed by atoms with Gasteiger partial charge in [-0.2, -0.15) is 0 Å². The zero-order valence-corrected chi connectivity index (χ0v) is 22.6. The zero-order valence-electron chi connectivity index (χ0n) is 21.8. The summed E-state index contributed by atoms with van der Waals surface area (Å²) in [6.45, 7) is 4.08. The van der Waals surface area contributed by atoms with Gasteiger partial charge in [0.15, 0.2) is 0 Å². The number of nitro groups is 1. The van der Waals surface area contributed by atoms with Crippen LogP contribution in [0.5, 0.6) is 0 Å². The largest absolute Gasteiger partial charge is 0.444 e. The number of benzene rings is 2. The van der Waals surface area contributed by atoms with Gasteiger partial charge in [-0.3, -0.25) is 15.4 Å². The van der Waals surface area contributed by atoms with Crippen molar-refractivity contribution < 1.29 is 32.7 Å². The molecule has 1 fully saturated rings. The summed E-state index contributed by atoms with van der Waals surface area (Å²) in [6, 6.07) is 12.8. The molecule has 0 saturated heterocycles. The van der Waals surface area contributed by atoms with Crippen LogP contribution in [0.3, 0.4) is 0 Å². The second-order valence-corrected chi connectivity index (χ2v) is 12.7. The van der Waals surface area contributed by atoms with Gasteiger partial charge < -0.3 is 20.3 Å². The number of nitrogens with two attached hydrogens (primary N) is 1. The van der Waals surface area contributed by atoms with Gasteiger partial charge >= 0.3 is 6.09 Å². The van der Waals surface area contributed by atoms with Crippen LogP contribution in [0.15, 0.2) is 59.5 Å². The van der Waals surface area contributed by atoms with Crippen LogP contribution in [0.1, 0.15) is 52.0 Å². The molecule has 2 aromatic rings. The molecule has 2 atom stereocenters. The molecule has 0 heterocycles. The Morgan fingerprint density at radius 2 is 1.76 bits per heavy atom. The molecule has 0 bridgehead atoms. The first-order chi connectivity index (χ1) is 17.7. The Balaban J connectivity index is 2.16. The molecule has 38 heavy (non-hydrogen) atoms. The zero-order chi connectivity index (χ0) is 28.2. The number of hydrogen-bond acceptors (Lipinski definition) is 9. The topological polar surface area (TPSA) is 171 Å². The summed E-state index contributed by atoms with van der Waals surface area (Å²) < 4.78 is 39.5. The third-order valence-corrected chi connectivity index (χ3v) is 8.59. The predicted octanol–water partition coefficient (Wildman–Crippen LogP) is 3.44. The number of aliphatic hydroxyl groups is 1. The molecule has 11 nitrogen and oxygen atoms in total. The van der Waals surface area contributed by atoms with Gasteiger partial charge in [0.25, 0.3) is 5.69 Å². The van der Waals surface area contributed by atoms with E-state index in [9.17, 15) is 28.4 Å². The average molecular weight is 550 g/mol. The van der Waals surface area contributed by atoms with E-state index in [2.05, 4.69) is 5.32 Å². The lowest BCUT2D eigenvalue weighted by atomic mass is 9.94. The summed E-state index contributed by atoms with van der Waals surface area (Å²) in [5, 5.41) is 25.9. The standard InChI is InChI=1S/C26H35N3O8S/c1-24(2,3)37-23(30)28-25(27,17-19-10-5-4-6-11-19)26(31,18-36-21-13-7-8-14-21)38(34,35)22-15-9-12-20(16-22)29(32)33/h4-6,9-12,15-16,21,31H,7-8,13-14,17-18,27H2,1-3H3,(H,28,30)/t25-,26-/m0/s1. The number of nitrogens with zero attached hydrogens (tertiary/aromatic N) is 1. The summed E-state index contributed by atoms with van der Waals surface area (Å²) in [7, 11) is -4.88. The molecule has 0 unspecified atom stereocenters. The molecular formula is C26H35N3O8S. The number of rotatable bonds is 10. The smallest absolute Gasteiger partial charge is 0.409 e. The van der Waals surface area contributed by atoms with Crippen LogP contribution < -0.4 is 11.1 Å². The summed E-state index contributed by atoms with van der Waals surface area (Å²) in [5.74, 6) is 0. The first-order valence-electron chi connectivity index (χ1n) is 12.3. The molecule has 0 aliphatic heterocycles. The Morgan fingerprint density at radius 3 is 2.34 bits per heavy atom. The maximum absolute atomic E-state index is 14.1. The Kier molecular flexibility index (Phi) is 8.82. The lowest BCUT2D eigenvalue weighted by molar-refractivity contribution is -0.385. The summed E-state index contributed by atoms with van der Waals surface area (Å²) >= 11 is 0. The minimum atomic E-state index is -4.88. The van der Waals surface area contributed by atoms with Crippen molar-refractivity contribution in [2.75, 3.05) is 6.61 Å². The summed E-state index contributed by atoms with van der Waals surface area (Å²) in [6.07, 6.45) is 1.41. The van der Waals surface area contributed by atoms with Gasteiger partial charge in [-0.05, 0) is 45.2 Å². The molecule has 12 heteroatoms. The van der Waals surface area contributed by atoms with E-state index >= 15 is 0 Å². The van der Waals surface area contributed by atoms with Gasteiger partial charge in [0.2, 0.25) is 14.8 Å². The van der Waals surface area contributed by atoms with E-state index in [4.69, 9.17) is 15.2 Å². The fourth-order valence-corrected chi connectivity index (χ4v) is 6.12. The summed E-state index contributed by atoms with van der Waals surface area (Å²) in [5.41, 5.74) is 3.38. The van der Waals surface area contributed by atoms with Crippen LogP contribution in [-0.2, 0) is 25.7 Å². The molecular weight excluding hydrogens is 514 g/mol. The lowest BCUT2D eigenvalue weighted by Gasteiger charge is -2.44. The highest BCUT2D eigenvalue weighted by Gasteiger charge is 2.60. The van der Waals surface area contributed by atoms with E-state index in [0.29, 0.717) is 18.4 Å². The molecule has 0 spiro atoms. The number of carbonyl (C=O) groups is 1. The van der Waals surface area contributed by atoms with Gasteiger partial charge in [0.05, 0.1) is 22.5 Å². The van der Waals surface area contributed by atoms with Gasteiger partial charge in [-0.15, -0.1) is 0 Å². The molecule has 3 rings (SSSR count). The minimum absolute atomic E-state index is 0.315. The molecule has 0 radical (unpaired) electrons. The first kappa shape index (κ1) is 29.5. The normalized spacial score (nSPS) is 17.8. The molecule has 2 aromatic carbocycles. The number of alkyl carbamates (subject to hydrolysis) is 1. The number of carbonyl (C=O) groups excluding carboxylic acids is 1. The van der Waals surface area contributed by atoms with Crippen LogP contribution in [0.4, 0.5) is 10.5 Å². The number of nitro benzene ring substituents is 1. The van der Waals surface area contributed by atoms with Crippen molar-refractivity contribution >= 4 is 21.6 Å². The van der Waals surface area contributed by atoms with Crippen LogP contribution in [0.2, 0.25) is 0 Å². The quantitative estimate of drug-likeness (QED) is 0.228. The number of non-ortho nitro benzene ring substituents is 1. The molecule has 208 valence electrons. The van der Waals surface area contributed by atoms with E-state index in [1.165, 1.54) is 6.07 Å². The molecule has 1 aliphatic rings. The van der Waals surface area contributed by atoms with Gasteiger partial charge in [0.1, 0.15) is 11.3 Å². The Hall–Kier alpha value is -3.06. The Morgan fingerprint density at radius 1 is 1.13 bits per heavy atom. The third-order valence-electron chi connectivity index (χ3n) is 6.35. The molecule has 1 amide bonds. The van der Waals surface area contributed by atoms with Crippen molar-refractivity contribution in [3.05, 3.63) is 70.3 Å². The van der Waals surface area contributed by atoms with Crippen LogP contribution in [0.25, 0.3) is 0 Å². The van der Waals surface area contributed by atoms with Crippen molar-refractivity contribution in [3.8, 4) is 0 Å². The maximum Gasteiger partial charge on any atom is 0.409 e. The van der Waals surface area contributed by atoms with Crippen molar-refractivity contribution in [1.82, 2.24) is 5.32 Å². The number of sulfone groups is 1. The molecule has 1 aliphatic carbocycles. The second-order valence-electron chi connectivity index (χ2n) is 10.5. The van der Waals surface area contributed by atoms with Crippen molar-refractivity contribution in [2.45, 2.75) is 80.1 Å². The van der Waals surface area contributed by atoms with Crippen molar-refractivity contribution in [2.24, 2.45) is 5.73 Å². The van der Waals surface area contributed by atoms with Crippen molar-refractivity contribution in [1.29, 1.82) is 0 Å². The highest BCUT2D eigenvalue weighted by Crippen LogP contribution is 2.36. The summed E-state index contributed by atoms with van der Waals surface area (Å²) in [4.78, 5) is 20.1. The van der Waals surface area contributed by atoms with Crippen LogP contribution in [0, 0.1) is 10.1 Å². The molecule has 4 N–H and O–H groups in total. The monoisotopic (exact) mass is 549 g/mol. The number of nitrogens with one attached hydrogen (secondary N) is 1. The van der Waals surface area contributed by atoms with Gasteiger partial charge in [0, 0.05) is 18.6 Å². The predicted molar refractivity (Wildman–Crippen MR) is 140 cm³/mol. The highest BCUT2D eigenvalue weighted by atomic mass is 32.2. The number of hydrogen-bond donors (Lipinski definition) is 3. The second kappa shape index (κ2) is 11.4. The Labute approximate surface area is 222 Å². The first-order valence-corrected chi connectivity index (χ1v) is 13.8. The molecule has 1 saturated carbocycles. The maximum atomic E-state index is 14.1. The van der Waals surface area contributed by atoms with E-state index in [1.807, 2.05) is 0 Å². The highest BCUT2D eigenvalue weighted by molar-refractivity contribution is 7.92. The Bertz CT molecular complexity index is 1240. The fraction of sp³-hybridized carbons (Fsp3) is 0.500. The van der Waals surface area contributed by atoms with E-state index in [1.54, 1.807) is 51.1 Å². The number of amides is 1. The minimum Gasteiger partial charge on any atom is -0.444 e. The third kappa shape index (κ3) is 6.68. The SMILES string of the molecule is CC(C)(C)OC(=O)N[C@@](N)(Cc1ccccc1)[C@](O)(COC1CCCC1)S(=O)(=O)c1cccc([N+](=O)[O-])c1. The van der Waals surface area contributed by atoms with Gasteiger partial charge in [-0.25, -0.2) is 13.2 Å².